The molecule has 0 saturated heterocycles. The molecule has 0 spiro atoms. The molecule has 0 N–H and O–H groups in total. The van der Waals surface area contributed by atoms with Gasteiger partial charge in [0.05, 0.1) is 22.1 Å². The molecule has 3 heterocycles. The van der Waals surface area contributed by atoms with E-state index in [9.17, 15) is 4.39 Å². The van der Waals surface area contributed by atoms with E-state index < -0.39 is 0 Å². The quantitative estimate of drug-likeness (QED) is 0.185. The molecule has 7 aromatic carbocycles. The van der Waals surface area contributed by atoms with Crippen molar-refractivity contribution in [2.24, 2.45) is 0 Å². The van der Waals surface area contributed by atoms with Crippen LogP contribution >= 0.6 is 0 Å². The van der Waals surface area contributed by atoms with Gasteiger partial charge in [0.25, 0.3) is 0 Å². The summed E-state index contributed by atoms with van der Waals surface area (Å²) in [5, 5.41) is 4.56. The molecule has 0 radical (unpaired) electrons. The van der Waals surface area contributed by atoms with Crippen molar-refractivity contribution in [1.82, 2.24) is 24.1 Å². The molecule has 10 aromatic rings. The number of rotatable bonds is 5. The molecule has 3 aromatic heterocycles. The highest BCUT2D eigenvalue weighted by Gasteiger charge is 2.23. The third-order valence-electron chi connectivity index (χ3n) is 9.66. The van der Waals surface area contributed by atoms with Crippen molar-refractivity contribution < 1.29 is 4.39 Å². The molecule has 0 fully saturated rings. The van der Waals surface area contributed by atoms with Gasteiger partial charge in [0, 0.05) is 38.4 Å². The first-order valence-corrected chi connectivity index (χ1v) is 16.9. The van der Waals surface area contributed by atoms with E-state index in [1.165, 1.54) is 17.5 Å². The van der Waals surface area contributed by atoms with E-state index in [0.29, 0.717) is 17.6 Å². The standard InChI is InChI=1S/C45H28FN5/c46-33-25-23-30(24-26-33)29-19-21-32(22-20-29)44-47-43(31-11-3-1-4-12-31)48-45(49-44)51-40-18-10-8-16-36(40)38-28-27-37-35-15-7-9-17-39(35)50(41(37)42(38)51)34-13-5-2-6-14-34/h1-28H. The highest BCUT2D eigenvalue weighted by Crippen LogP contribution is 2.41. The van der Waals surface area contributed by atoms with Gasteiger partial charge in [-0.3, -0.25) is 4.57 Å². The molecule has 0 amide bonds. The van der Waals surface area contributed by atoms with Gasteiger partial charge < -0.3 is 4.57 Å². The van der Waals surface area contributed by atoms with E-state index in [4.69, 9.17) is 15.0 Å². The van der Waals surface area contributed by atoms with E-state index >= 15 is 0 Å². The predicted octanol–water partition coefficient (Wildman–Crippen LogP) is 11.2. The Morgan fingerprint density at radius 2 is 0.804 bits per heavy atom. The van der Waals surface area contributed by atoms with Crippen LogP contribution in [0.25, 0.3) is 89.2 Å². The number of halogens is 1. The zero-order chi connectivity index (χ0) is 33.9. The molecule has 0 atom stereocenters. The molecule has 240 valence electrons. The molecule has 0 aliphatic rings. The lowest BCUT2D eigenvalue weighted by Crippen LogP contribution is -2.07. The van der Waals surface area contributed by atoms with Crippen molar-refractivity contribution in [3.8, 4) is 45.5 Å². The van der Waals surface area contributed by atoms with Gasteiger partial charge in [-0.2, -0.15) is 9.97 Å². The van der Waals surface area contributed by atoms with Crippen LogP contribution in [0, 0.1) is 5.82 Å². The SMILES string of the molecule is Fc1ccc(-c2ccc(-c3nc(-c4ccccc4)nc(-n4c5ccccc5c5ccc6c7ccccc7n(-c7ccccc7)c6c54)n3)cc2)cc1. The highest BCUT2D eigenvalue weighted by molar-refractivity contribution is 6.23. The minimum absolute atomic E-state index is 0.256. The van der Waals surface area contributed by atoms with E-state index in [1.54, 1.807) is 12.1 Å². The fourth-order valence-electron chi connectivity index (χ4n) is 7.32. The maximum absolute atomic E-state index is 13.6. The van der Waals surface area contributed by atoms with Crippen LogP contribution in [0.15, 0.2) is 170 Å². The number of fused-ring (bicyclic) bond motifs is 7. The second kappa shape index (κ2) is 11.6. The Labute approximate surface area is 292 Å². The van der Waals surface area contributed by atoms with Crippen LogP contribution in [0.3, 0.4) is 0 Å². The summed E-state index contributed by atoms with van der Waals surface area (Å²) in [7, 11) is 0. The average molecular weight is 658 g/mol. The van der Waals surface area contributed by atoms with Crippen LogP contribution in [0.4, 0.5) is 4.39 Å². The Kier molecular flexibility index (Phi) is 6.61. The molecule has 0 aliphatic carbocycles. The molecule has 0 aliphatic heterocycles. The molecule has 0 bridgehead atoms. The van der Waals surface area contributed by atoms with Crippen LogP contribution in [0.2, 0.25) is 0 Å². The van der Waals surface area contributed by atoms with Crippen molar-refractivity contribution in [1.29, 1.82) is 0 Å². The molecule has 0 unspecified atom stereocenters. The summed E-state index contributed by atoms with van der Waals surface area (Å²) in [6.07, 6.45) is 0. The lowest BCUT2D eigenvalue weighted by atomic mass is 10.0. The first-order chi connectivity index (χ1) is 25.2. The maximum atomic E-state index is 13.6. The van der Waals surface area contributed by atoms with Gasteiger partial charge >= 0.3 is 0 Å². The van der Waals surface area contributed by atoms with Crippen molar-refractivity contribution >= 4 is 43.6 Å². The molecule has 51 heavy (non-hydrogen) atoms. The Morgan fingerprint density at radius 3 is 1.41 bits per heavy atom. The van der Waals surface area contributed by atoms with Crippen molar-refractivity contribution in [2.45, 2.75) is 0 Å². The minimum atomic E-state index is -0.256. The fourth-order valence-corrected chi connectivity index (χ4v) is 7.32. The van der Waals surface area contributed by atoms with Crippen LogP contribution in [0.5, 0.6) is 0 Å². The van der Waals surface area contributed by atoms with Crippen molar-refractivity contribution in [3.05, 3.63) is 176 Å². The minimum Gasteiger partial charge on any atom is -0.307 e. The number of hydrogen-bond acceptors (Lipinski definition) is 3. The monoisotopic (exact) mass is 657 g/mol. The van der Waals surface area contributed by atoms with Crippen molar-refractivity contribution in [2.75, 3.05) is 0 Å². The lowest BCUT2D eigenvalue weighted by Gasteiger charge is -2.13. The number of benzene rings is 7. The predicted molar refractivity (Wildman–Crippen MR) is 205 cm³/mol. The van der Waals surface area contributed by atoms with E-state index in [-0.39, 0.29) is 5.82 Å². The van der Waals surface area contributed by atoms with Crippen LogP contribution in [-0.2, 0) is 0 Å². The molecule has 6 heteroatoms. The smallest absolute Gasteiger partial charge is 0.238 e. The normalized spacial score (nSPS) is 11.6. The van der Waals surface area contributed by atoms with E-state index in [0.717, 1.165) is 66.2 Å². The topological polar surface area (TPSA) is 48.5 Å². The van der Waals surface area contributed by atoms with Crippen LogP contribution < -0.4 is 0 Å². The van der Waals surface area contributed by atoms with Gasteiger partial charge in [-0.05, 0) is 47.5 Å². The first-order valence-electron chi connectivity index (χ1n) is 16.9. The molecular formula is C45H28FN5. The van der Waals surface area contributed by atoms with Crippen molar-refractivity contribution in [3.63, 3.8) is 0 Å². The summed E-state index contributed by atoms with van der Waals surface area (Å²) in [6, 6.07) is 56.7. The van der Waals surface area contributed by atoms with Gasteiger partial charge in [-0.15, -0.1) is 0 Å². The number of aromatic nitrogens is 5. The Hall–Kier alpha value is -6.92. The second-order valence-corrected chi connectivity index (χ2v) is 12.6. The highest BCUT2D eigenvalue weighted by atomic mass is 19.1. The first kappa shape index (κ1) is 29.0. The Balaban J connectivity index is 1.29. The van der Waals surface area contributed by atoms with Gasteiger partial charge in [0.2, 0.25) is 5.95 Å². The summed E-state index contributed by atoms with van der Waals surface area (Å²) in [4.78, 5) is 15.5. The maximum Gasteiger partial charge on any atom is 0.238 e. The van der Waals surface area contributed by atoms with Gasteiger partial charge in [-0.1, -0.05) is 133 Å². The number of hydrogen-bond donors (Lipinski definition) is 0. The van der Waals surface area contributed by atoms with E-state index in [1.807, 2.05) is 60.7 Å². The third kappa shape index (κ3) is 4.72. The zero-order valence-corrected chi connectivity index (χ0v) is 27.3. The van der Waals surface area contributed by atoms with Gasteiger partial charge in [0.1, 0.15) is 5.82 Å². The summed E-state index contributed by atoms with van der Waals surface area (Å²) < 4.78 is 18.2. The summed E-state index contributed by atoms with van der Waals surface area (Å²) in [5.41, 5.74) is 9.00. The Bertz CT molecular complexity index is 2890. The van der Waals surface area contributed by atoms with Crippen LogP contribution in [0.1, 0.15) is 0 Å². The Morgan fingerprint density at radius 1 is 0.353 bits per heavy atom. The largest absolute Gasteiger partial charge is 0.307 e. The van der Waals surface area contributed by atoms with E-state index in [2.05, 4.69) is 94.1 Å². The zero-order valence-electron chi connectivity index (χ0n) is 27.3. The number of para-hydroxylation sites is 3. The summed E-state index contributed by atoms with van der Waals surface area (Å²) in [5.74, 6) is 1.42. The molecule has 10 rings (SSSR count). The van der Waals surface area contributed by atoms with Crippen LogP contribution in [-0.4, -0.2) is 24.1 Å². The molecular weight excluding hydrogens is 630 g/mol. The molecule has 0 saturated carbocycles. The van der Waals surface area contributed by atoms with Gasteiger partial charge in [0.15, 0.2) is 11.6 Å². The summed E-state index contributed by atoms with van der Waals surface area (Å²) >= 11 is 0. The van der Waals surface area contributed by atoms with Gasteiger partial charge in [-0.25, -0.2) is 9.37 Å². The third-order valence-corrected chi connectivity index (χ3v) is 9.66. The fraction of sp³-hybridized carbons (Fsp3) is 0. The lowest BCUT2D eigenvalue weighted by molar-refractivity contribution is 0.628. The average Bonchev–Trinajstić information content (AvgIpc) is 3.72. The summed E-state index contributed by atoms with van der Waals surface area (Å²) in [6.45, 7) is 0. The second-order valence-electron chi connectivity index (χ2n) is 12.6. The molecule has 5 nitrogen and oxygen atoms in total. The number of nitrogens with zero attached hydrogens (tertiary/aromatic N) is 5.